The molecular formula is C27H28N2O5S. The lowest BCUT2D eigenvalue weighted by Gasteiger charge is -2.18. The Kier molecular flexibility index (Phi) is 8.77. The van der Waals surface area contributed by atoms with Crippen molar-refractivity contribution >= 4 is 15.8 Å². The number of aliphatic hydroxyl groups is 1. The first-order valence-corrected chi connectivity index (χ1v) is 12.8. The fraction of sp³-hybridized carbons (Fsp3) is 0.259. The van der Waals surface area contributed by atoms with Crippen LogP contribution < -0.4 is 5.32 Å². The molecule has 3 aromatic rings. The zero-order valence-corrected chi connectivity index (χ0v) is 20.5. The molecule has 0 saturated heterocycles. The molecule has 0 aliphatic rings. The van der Waals surface area contributed by atoms with E-state index in [1.807, 2.05) is 6.92 Å². The second kappa shape index (κ2) is 11.8. The molecule has 0 spiro atoms. The van der Waals surface area contributed by atoms with Crippen molar-refractivity contribution in [3.05, 3.63) is 95.1 Å². The molecular weight excluding hydrogens is 464 g/mol. The van der Waals surface area contributed by atoms with Crippen molar-refractivity contribution in [2.24, 2.45) is 0 Å². The molecule has 7 nitrogen and oxygen atoms in total. The molecule has 2 atom stereocenters. The van der Waals surface area contributed by atoms with Crippen molar-refractivity contribution in [2.75, 3.05) is 13.2 Å². The van der Waals surface area contributed by atoms with E-state index in [2.05, 4.69) is 11.4 Å². The Morgan fingerprint density at radius 1 is 1.06 bits per heavy atom. The number of nitrogens with zero attached hydrogens (tertiary/aromatic N) is 1. The lowest BCUT2D eigenvalue weighted by molar-refractivity contribution is 0.0526. The molecule has 182 valence electrons. The lowest BCUT2D eigenvalue weighted by Crippen LogP contribution is -2.32. The van der Waals surface area contributed by atoms with Crippen LogP contribution in [-0.4, -0.2) is 38.7 Å². The molecule has 0 fully saturated rings. The van der Waals surface area contributed by atoms with Gasteiger partial charge in [0.15, 0.2) is 0 Å². The van der Waals surface area contributed by atoms with E-state index in [9.17, 15) is 18.3 Å². The van der Waals surface area contributed by atoms with Gasteiger partial charge in [0.25, 0.3) is 0 Å². The van der Waals surface area contributed by atoms with Crippen molar-refractivity contribution in [3.8, 4) is 6.07 Å². The molecule has 0 aromatic heterocycles. The molecule has 0 aliphatic heterocycles. The first-order valence-electron chi connectivity index (χ1n) is 11.3. The minimum absolute atomic E-state index is 0.0293. The molecule has 2 N–H and O–H groups in total. The summed E-state index contributed by atoms with van der Waals surface area (Å²) in [5, 5.41) is 22.7. The van der Waals surface area contributed by atoms with Crippen LogP contribution in [0.25, 0.3) is 0 Å². The number of carbonyl (C=O) groups excluding carboxylic acids is 1. The van der Waals surface area contributed by atoms with Crippen molar-refractivity contribution < 1.29 is 23.1 Å². The number of hydrogen-bond donors (Lipinski definition) is 2. The van der Waals surface area contributed by atoms with Gasteiger partial charge in [-0.15, -0.1) is 0 Å². The summed E-state index contributed by atoms with van der Waals surface area (Å²) < 4.78 is 30.8. The number of aliphatic hydroxyl groups excluding tert-OH is 1. The smallest absolute Gasteiger partial charge is 0.338 e. The average Bonchev–Trinajstić information content (AvgIpc) is 2.88. The average molecular weight is 493 g/mol. The van der Waals surface area contributed by atoms with Gasteiger partial charge in [-0.1, -0.05) is 24.3 Å². The van der Waals surface area contributed by atoms with Crippen LogP contribution in [0.4, 0.5) is 0 Å². The van der Waals surface area contributed by atoms with Crippen molar-refractivity contribution in [1.82, 2.24) is 5.32 Å². The van der Waals surface area contributed by atoms with E-state index in [0.29, 0.717) is 29.7 Å². The van der Waals surface area contributed by atoms with E-state index < -0.39 is 21.9 Å². The minimum Gasteiger partial charge on any atom is -0.462 e. The predicted molar refractivity (Wildman–Crippen MR) is 132 cm³/mol. The fourth-order valence-corrected chi connectivity index (χ4v) is 4.86. The largest absolute Gasteiger partial charge is 0.462 e. The van der Waals surface area contributed by atoms with Crippen molar-refractivity contribution in [3.63, 3.8) is 0 Å². The van der Waals surface area contributed by atoms with Gasteiger partial charge in [0.2, 0.25) is 9.84 Å². The van der Waals surface area contributed by atoms with Crippen LogP contribution in [0.1, 0.15) is 47.0 Å². The highest BCUT2D eigenvalue weighted by molar-refractivity contribution is 7.91. The zero-order valence-electron chi connectivity index (χ0n) is 19.6. The second-order valence-corrected chi connectivity index (χ2v) is 10.1. The van der Waals surface area contributed by atoms with Crippen LogP contribution in [0.2, 0.25) is 0 Å². The Morgan fingerprint density at radius 3 is 2.29 bits per heavy atom. The number of sulfone groups is 1. The summed E-state index contributed by atoms with van der Waals surface area (Å²) in [6.45, 7) is 4.26. The number of carbonyl (C=O) groups is 1. The van der Waals surface area contributed by atoms with E-state index in [1.165, 1.54) is 24.3 Å². The van der Waals surface area contributed by atoms with Gasteiger partial charge >= 0.3 is 5.97 Å². The number of ether oxygens (including phenoxy) is 1. The molecule has 0 bridgehead atoms. The standard InChI is InChI=1S/C27H28N2O5S/c1-3-34-27(31)22-9-13-25(14-10-22)35(32,33)24-11-7-20(8-12-24)15-19(2)29-18-26(30)23-6-4-5-21(16-23)17-28/h4-14,16,19,26,29-30H,3,15,18H2,1-2H3/t19-,26-/m1/s1. The third-order valence-electron chi connectivity index (χ3n) is 5.51. The van der Waals surface area contributed by atoms with Crippen LogP contribution in [-0.2, 0) is 21.0 Å². The van der Waals surface area contributed by atoms with E-state index in [0.717, 1.165) is 5.56 Å². The molecule has 8 heteroatoms. The monoisotopic (exact) mass is 492 g/mol. The summed E-state index contributed by atoms with van der Waals surface area (Å²) in [6, 6.07) is 21.3. The second-order valence-electron chi connectivity index (χ2n) is 8.16. The maximum Gasteiger partial charge on any atom is 0.338 e. The summed E-state index contributed by atoms with van der Waals surface area (Å²) in [6.07, 6.45) is -0.104. The van der Waals surface area contributed by atoms with Gasteiger partial charge in [0.1, 0.15) is 0 Å². The Labute approximate surface area is 205 Å². The molecule has 3 aromatic carbocycles. The van der Waals surface area contributed by atoms with Crippen LogP contribution in [0, 0.1) is 11.3 Å². The topological polar surface area (TPSA) is 116 Å². The van der Waals surface area contributed by atoms with Gasteiger partial charge in [-0.3, -0.25) is 0 Å². The summed E-state index contributed by atoms with van der Waals surface area (Å²) in [4.78, 5) is 12.0. The van der Waals surface area contributed by atoms with Crippen molar-refractivity contribution in [1.29, 1.82) is 5.26 Å². The van der Waals surface area contributed by atoms with E-state index >= 15 is 0 Å². The van der Waals surface area contributed by atoms with Gasteiger partial charge < -0.3 is 15.2 Å². The summed E-state index contributed by atoms with van der Waals surface area (Å²) in [5.74, 6) is -0.494. The first kappa shape index (κ1) is 26.1. The highest BCUT2D eigenvalue weighted by Crippen LogP contribution is 2.22. The molecule has 0 unspecified atom stereocenters. The van der Waals surface area contributed by atoms with E-state index in [-0.39, 0.29) is 22.4 Å². The first-order chi connectivity index (χ1) is 16.7. The number of hydrogen-bond acceptors (Lipinski definition) is 7. The summed E-state index contributed by atoms with van der Waals surface area (Å²) in [7, 11) is -3.72. The number of esters is 1. The van der Waals surface area contributed by atoms with E-state index in [1.54, 1.807) is 55.5 Å². The Balaban J connectivity index is 1.59. The van der Waals surface area contributed by atoms with Crippen LogP contribution in [0.5, 0.6) is 0 Å². The minimum atomic E-state index is -3.72. The summed E-state index contributed by atoms with van der Waals surface area (Å²) >= 11 is 0. The fourth-order valence-electron chi connectivity index (χ4n) is 3.60. The Morgan fingerprint density at radius 2 is 1.69 bits per heavy atom. The van der Waals surface area contributed by atoms with Crippen LogP contribution in [0.3, 0.4) is 0 Å². The lowest BCUT2D eigenvalue weighted by atomic mass is 10.0. The van der Waals surface area contributed by atoms with Crippen molar-refractivity contribution in [2.45, 2.75) is 42.2 Å². The Bertz CT molecular complexity index is 1300. The highest BCUT2D eigenvalue weighted by atomic mass is 32.2. The quantitative estimate of drug-likeness (QED) is 0.413. The predicted octanol–water partition coefficient (Wildman–Crippen LogP) is 3.82. The number of nitrogens with one attached hydrogen (secondary N) is 1. The van der Waals surface area contributed by atoms with Gasteiger partial charge in [-0.25, -0.2) is 13.2 Å². The third-order valence-corrected chi connectivity index (χ3v) is 7.30. The van der Waals surface area contributed by atoms with Gasteiger partial charge in [0.05, 0.1) is 39.7 Å². The van der Waals surface area contributed by atoms with Crippen LogP contribution in [0.15, 0.2) is 82.6 Å². The number of nitriles is 1. The molecule has 0 aliphatic carbocycles. The molecule has 0 saturated carbocycles. The summed E-state index contributed by atoms with van der Waals surface area (Å²) in [5.41, 5.74) is 2.42. The molecule has 0 radical (unpaired) electrons. The number of benzene rings is 3. The van der Waals surface area contributed by atoms with Gasteiger partial charge in [0, 0.05) is 12.6 Å². The van der Waals surface area contributed by atoms with Gasteiger partial charge in [-0.05, 0) is 79.9 Å². The molecule has 35 heavy (non-hydrogen) atoms. The maximum absolute atomic E-state index is 13.0. The SMILES string of the molecule is CCOC(=O)c1ccc(S(=O)(=O)c2ccc(C[C@@H](C)NC[C@@H](O)c3cccc(C#N)c3)cc2)cc1. The Hall–Kier alpha value is -3.51. The highest BCUT2D eigenvalue weighted by Gasteiger charge is 2.19. The molecule has 0 heterocycles. The molecule has 0 amide bonds. The zero-order chi connectivity index (χ0) is 25.4. The van der Waals surface area contributed by atoms with E-state index in [4.69, 9.17) is 10.00 Å². The van der Waals surface area contributed by atoms with Crippen LogP contribution >= 0.6 is 0 Å². The normalized spacial score (nSPS) is 13.0. The van der Waals surface area contributed by atoms with Gasteiger partial charge in [-0.2, -0.15) is 5.26 Å². The third kappa shape index (κ3) is 6.76. The maximum atomic E-state index is 13.0. The molecule has 3 rings (SSSR count). The number of rotatable bonds is 10.